The van der Waals surface area contributed by atoms with Crippen LogP contribution in [0.4, 0.5) is 5.69 Å². The maximum absolute atomic E-state index is 12.6. The first kappa shape index (κ1) is 18.0. The molecule has 3 aromatic rings. The molecule has 0 bridgehead atoms. The SMILES string of the molecule is CCOc1ccc(NS(=O)(=O)c2ccc(-c3ccc(C)cc3)cc2)cc1. The Balaban J connectivity index is 1.77. The second-order valence-electron chi connectivity index (χ2n) is 5.95. The van der Waals surface area contributed by atoms with Gasteiger partial charge in [-0.2, -0.15) is 0 Å². The zero-order valence-corrected chi connectivity index (χ0v) is 15.6. The maximum Gasteiger partial charge on any atom is 0.261 e. The minimum absolute atomic E-state index is 0.224. The van der Waals surface area contributed by atoms with E-state index in [-0.39, 0.29) is 4.90 Å². The molecule has 0 saturated heterocycles. The average Bonchev–Trinajstić information content (AvgIpc) is 2.64. The topological polar surface area (TPSA) is 55.4 Å². The summed E-state index contributed by atoms with van der Waals surface area (Å²) in [6.45, 7) is 4.50. The third-order valence-electron chi connectivity index (χ3n) is 3.97. The highest BCUT2D eigenvalue weighted by Crippen LogP contribution is 2.24. The van der Waals surface area contributed by atoms with Gasteiger partial charge in [0.25, 0.3) is 10.0 Å². The standard InChI is InChI=1S/C21H21NO3S/c1-3-25-20-12-10-19(11-13-20)22-26(23,24)21-14-8-18(9-15-21)17-6-4-16(2)5-7-17/h4-15,22H,3H2,1-2H3. The molecule has 26 heavy (non-hydrogen) atoms. The van der Waals surface area contributed by atoms with Crippen LogP contribution in [0, 0.1) is 6.92 Å². The van der Waals surface area contributed by atoms with Crippen LogP contribution in [-0.4, -0.2) is 15.0 Å². The minimum atomic E-state index is -3.63. The number of rotatable bonds is 6. The smallest absolute Gasteiger partial charge is 0.261 e. The zero-order chi connectivity index (χ0) is 18.6. The lowest BCUT2D eigenvalue weighted by atomic mass is 10.0. The molecule has 0 aliphatic carbocycles. The molecule has 0 fully saturated rings. The van der Waals surface area contributed by atoms with Gasteiger partial charge in [0.2, 0.25) is 0 Å². The van der Waals surface area contributed by atoms with Gasteiger partial charge in [-0.15, -0.1) is 0 Å². The van der Waals surface area contributed by atoms with E-state index in [0.717, 1.165) is 11.1 Å². The molecule has 0 atom stereocenters. The van der Waals surface area contributed by atoms with Crippen LogP contribution in [0.1, 0.15) is 12.5 Å². The van der Waals surface area contributed by atoms with Gasteiger partial charge in [0.05, 0.1) is 11.5 Å². The van der Waals surface area contributed by atoms with Crippen LogP contribution in [-0.2, 0) is 10.0 Å². The number of benzene rings is 3. The van der Waals surface area contributed by atoms with Crippen LogP contribution in [0.3, 0.4) is 0 Å². The van der Waals surface area contributed by atoms with Crippen molar-refractivity contribution in [3.05, 3.63) is 78.4 Å². The third kappa shape index (κ3) is 4.24. The number of hydrogen-bond donors (Lipinski definition) is 1. The Kier molecular flexibility index (Phi) is 5.28. The Bertz CT molecular complexity index is 961. The molecule has 3 aromatic carbocycles. The molecule has 0 radical (unpaired) electrons. The van der Waals surface area contributed by atoms with Gasteiger partial charge in [-0.25, -0.2) is 8.42 Å². The van der Waals surface area contributed by atoms with Crippen molar-refractivity contribution in [3.8, 4) is 16.9 Å². The van der Waals surface area contributed by atoms with Crippen LogP contribution in [0.2, 0.25) is 0 Å². The molecule has 0 aromatic heterocycles. The van der Waals surface area contributed by atoms with Gasteiger partial charge in [-0.3, -0.25) is 4.72 Å². The summed E-state index contributed by atoms with van der Waals surface area (Å²) in [4.78, 5) is 0.224. The summed E-state index contributed by atoms with van der Waals surface area (Å²) < 4.78 is 33.1. The first-order valence-corrected chi connectivity index (χ1v) is 9.89. The van der Waals surface area contributed by atoms with Crippen LogP contribution < -0.4 is 9.46 Å². The second kappa shape index (κ2) is 7.62. The highest BCUT2D eigenvalue weighted by atomic mass is 32.2. The number of hydrogen-bond acceptors (Lipinski definition) is 3. The first-order valence-electron chi connectivity index (χ1n) is 8.41. The molecule has 134 valence electrons. The van der Waals surface area contributed by atoms with E-state index in [0.29, 0.717) is 18.0 Å². The van der Waals surface area contributed by atoms with E-state index in [2.05, 4.69) is 4.72 Å². The first-order chi connectivity index (χ1) is 12.5. The van der Waals surface area contributed by atoms with Gasteiger partial charge in [-0.1, -0.05) is 42.0 Å². The predicted octanol–water partition coefficient (Wildman–Crippen LogP) is 4.86. The fourth-order valence-corrected chi connectivity index (χ4v) is 3.63. The molecule has 5 heteroatoms. The van der Waals surface area contributed by atoms with E-state index in [1.54, 1.807) is 36.4 Å². The lowest BCUT2D eigenvalue weighted by Gasteiger charge is -2.10. The molecule has 0 aliphatic heterocycles. The molecule has 1 N–H and O–H groups in total. The summed E-state index contributed by atoms with van der Waals surface area (Å²) in [6.07, 6.45) is 0. The molecule has 0 saturated carbocycles. The third-order valence-corrected chi connectivity index (χ3v) is 5.36. The summed E-state index contributed by atoms with van der Waals surface area (Å²) in [5.74, 6) is 0.706. The Morgan fingerprint density at radius 2 is 1.35 bits per heavy atom. The van der Waals surface area contributed by atoms with Crippen molar-refractivity contribution in [2.24, 2.45) is 0 Å². The van der Waals surface area contributed by atoms with E-state index in [4.69, 9.17) is 4.74 Å². The van der Waals surface area contributed by atoms with Gasteiger partial charge < -0.3 is 4.74 Å². The molecule has 0 unspecified atom stereocenters. The summed E-state index contributed by atoms with van der Waals surface area (Å²) in [5, 5.41) is 0. The van der Waals surface area contributed by atoms with Crippen molar-refractivity contribution in [2.75, 3.05) is 11.3 Å². The number of aryl methyl sites for hydroxylation is 1. The summed E-state index contributed by atoms with van der Waals surface area (Å²) >= 11 is 0. The lowest BCUT2D eigenvalue weighted by Crippen LogP contribution is -2.12. The monoisotopic (exact) mass is 367 g/mol. The molecular formula is C21H21NO3S. The summed E-state index contributed by atoms with van der Waals surface area (Å²) in [5.41, 5.74) is 3.72. The van der Waals surface area contributed by atoms with E-state index in [9.17, 15) is 8.42 Å². The van der Waals surface area contributed by atoms with Crippen molar-refractivity contribution < 1.29 is 13.2 Å². The fraction of sp³-hybridized carbons (Fsp3) is 0.143. The molecule has 0 aliphatic rings. The van der Waals surface area contributed by atoms with Crippen molar-refractivity contribution in [1.29, 1.82) is 0 Å². The summed E-state index contributed by atoms with van der Waals surface area (Å²) in [6, 6.07) is 21.8. The minimum Gasteiger partial charge on any atom is -0.494 e. The van der Waals surface area contributed by atoms with E-state index in [1.807, 2.05) is 50.2 Å². The Morgan fingerprint density at radius 1 is 0.808 bits per heavy atom. The number of nitrogens with one attached hydrogen (secondary N) is 1. The number of anilines is 1. The van der Waals surface area contributed by atoms with Crippen LogP contribution in [0.15, 0.2) is 77.7 Å². The molecule has 0 heterocycles. The lowest BCUT2D eigenvalue weighted by molar-refractivity contribution is 0.340. The highest BCUT2D eigenvalue weighted by Gasteiger charge is 2.14. The summed E-state index contributed by atoms with van der Waals surface area (Å²) in [7, 11) is -3.63. The zero-order valence-electron chi connectivity index (χ0n) is 14.8. The average molecular weight is 367 g/mol. The molecule has 0 spiro atoms. The van der Waals surface area contributed by atoms with Crippen molar-refractivity contribution in [2.45, 2.75) is 18.7 Å². The van der Waals surface area contributed by atoms with Crippen LogP contribution >= 0.6 is 0 Å². The number of ether oxygens (including phenoxy) is 1. The van der Waals surface area contributed by atoms with E-state index >= 15 is 0 Å². The Hall–Kier alpha value is -2.79. The predicted molar refractivity (Wildman–Crippen MR) is 105 cm³/mol. The van der Waals surface area contributed by atoms with E-state index in [1.165, 1.54) is 5.56 Å². The Morgan fingerprint density at radius 3 is 1.88 bits per heavy atom. The van der Waals surface area contributed by atoms with Gasteiger partial charge in [0, 0.05) is 5.69 Å². The quantitative estimate of drug-likeness (QED) is 0.677. The highest BCUT2D eigenvalue weighted by molar-refractivity contribution is 7.92. The number of sulfonamides is 1. The maximum atomic E-state index is 12.6. The van der Waals surface area contributed by atoms with Crippen molar-refractivity contribution in [1.82, 2.24) is 0 Å². The van der Waals surface area contributed by atoms with Crippen LogP contribution in [0.25, 0.3) is 11.1 Å². The molecule has 4 nitrogen and oxygen atoms in total. The largest absolute Gasteiger partial charge is 0.494 e. The molecular weight excluding hydrogens is 346 g/mol. The van der Waals surface area contributed by atoms with Crippen molar-refractivity contribution in [3.63, 3.8) is 0 Å². The van der Waals surface area contributed by atoms with Gasteiger partial charge in [0.1, 0.15) is 5.75 Å². The van der Waals surface area contributed by atoms with Crippen LogP contribution in [0.5, 0.6) is 5.75 Å². The van der Waals surface area contributed by atoms with Crippen molar-refractivity contribution >= 4 is 15.7 Å². The van der Waals surface area contributed by atoms with Gasteiger partial charge in [-0.05, 0) is 61.4 Å². The normalized spacial score (nSPS) is 11.2. The van der Waals surface area contributed by atoms with E-state index < -0.39 is 10.0 Å². The Labute approximate surface area is 154 Å². The van der Waals surface area contributed by atoms with Gasteiger partial charge in [0.15, 0.2) is 0 Å². The van der Waals surface area contributed by atoms with Gasteiger partial charge >= 0.3 is 0 Å². The molecule has 3 rings (SSSR count). The molecule has 0 amide bonds. The second-order valence-corrected chi connectivity index (χ2v) is 7.64. The fourth-order valence-electron chi connectivity index (χ4n) is 2.57.